The highest BCUT2D eigenvalue weighted by molar-refractivity contribution is 9.09. The number of hydrogen-bond acceptors (Lipinski definition) is 3. The molecule has 0 fully saturated rings. The Hall–Kier alpha value is -1.23. The zero-order chi connectivity index (χ0) is 13.7. The van der Waals surface area contributed by atoms with Crippen LogP contribution < -0.4 is 5.32 Å². The summed E-state index contributed by atoms with van der Waals surface area (Å²) >= 11 is 3.35. The molecule has 0 saturated carbocycles. The maximum atomic E-state index is 12.0. The quantitative estimate of drug-likeness (QED) is 0.578. The van der Waals surface area contributed by atoms with Crippen LogP contribution in [0.1, 0.15) is 30.6 Å². The molecule has 3 N–H and O–H groups in total. The average molecular weight is 316 g/mol. The summed E-state index contributed by atoms with van der Waals surface area (Å²) in [7, 11) is 0. The summed E-state index contributed by atoms with van der Waals surface area (Å²) in [6, 6.07) is 4.37. The second-order valence-corrected chi connectivity index (χ2v) is 5.27. The molecule has 0 radical (unpaired) electrons. The van der Waals surface area contributed by atoms with E-state index in [0.29, 0.717) is 5.92 Å². The van der Waals surface area contributed by atoms with E-state index in [9.17, 15) is 15.0 Å². The van der Waals surface area contributed by atoms with Crippen LogP contribution in [-0.2, 0) is 0 Å². The summed E-state index contributed by atoms with van der Waals surface area (Å²) in [5.74, 6) is -0.741. The zero-order valence-electron chi connectivity index (χ0n) is 10.5. The Morgan fingerprint density at radius 1 is 1.39 bits per heavy atom. The van der Waals surface area contributed by atoms with Crippen LogP contribution in [0.2, 0.25) is 0 Å². The minimum Gasteiger partial charge on any atom is -0.504 e. The second-order valence-electron chi connectivity index (χ2n) is 4.47. The molecule has 1 aromatic rings. The van der Waals surface area contributed by atoms with E-state index in [-0.39, 0.29) is 29.0 Å². The molecule has 0 aliphatic rings. The predicted octanol–water partition coefficient (Wildman–Crippen LogP) is 2.64. The lowest BCUT2D eigenvalue weighted by molar-refractivity contribution is 0.0921. The fourth-order valence-electron chi connectivity index (χ4n) is 1.65. The number of rotatable bonds is 5. The van der Waals surface area contributed by atoms with E-state index in [1.54, 1.807) is 0 Å². The summed E-state index contributed by atoms with van der Waals surface area (Å²) in [6.45, 7) is 4.05. The van der Waals surface area contributed by atoms with Crippen LogP contribution in [0.25, 0.3) is 0 Å². The van der Waals surface area contributed by atoms with Crippen LogP contribution >= 0.6 is 15.9 Å². The number of benzene rings is 1. The summed E-state index contributed by atoms with van der Waals surface area (Å²) < 4.78 is 0. The van der Waals surface area contributed by atoms with Crippen molar-refractivity contribution in [2.24, 2.45) is 5.92 Å². The van der Waals surface area contributed by atoms with Gasteiger partial charge in [0.1, 0.15) is 0 Å². The number of nitrogens with one attached hydrogen (secondary N) is 1. The first kappa shape index (κ1) is 14.8. The van der Waals surface area contributed by atoms with E-state index in [4.69, 9.17) is 0 Å². The van der Waals surface area contributed by atoms with Crippen molar-refractivity contribution < 1.29 is 15.0 Å². The molecule has 100 valence electrons. The summed E-state index contributed by atoms with van der Waals surface area (Å²) in [6.07, 6.45) is 0.809. The third kappa shape index (κ3) is 3.63. The summed E-state index contributed by atoms with van der Waals surface area (Å²) in [5.41, 5.74) is 0.0928. The third-order valence-electron chi connectivity index (χ3n) is 2.80. The molecule has 0 spiro atoms. The predicted molar refractivity (Wildman–Crippen MR) is 74.3 cm³/mol. The Kier molecular flexibility index (Phi) is 5.47. The molecule has 18 heavy (non-hydrogen) atoms. The molecule has 0 heterocycles. The highest BCUT2D eigenvalue weighted by Crippen LogP contribution is 2.28. The van der Waals surface area contributed by atoms with Crippen LogP contribution in [0.15, 0.2) is 18.2 Å². The molecule has 1 unspecified atom stereocenters. The SMILES string of the molecule is CC(C)C(CCBr)NC(=O)c1cccc(O)c1O. The van der Waals surface area contributed by atoms with Crippen LogP contribution in [0.4, 0.5) is 0 Å². The molecule has 0 aliphatic heterocycles. The number of alkyl halides is 1. The second kappa shape index (κ2) is 6.64. The van der Waals surface area contributed by atoms with Gasteiger partial charge < -0.3 is 15.5 Å². The van der Waals surface area contributed by atoms with Gasteiger partial charge in [-0.05, 0) is 24.5 Å². The van der Waals surface area contributed by atoms with Gasteiger partial charge in [-0.15, -0.1) is 0 Å². The monoisotopic (exact) mass is 315 g/mol. The smallest absolute Gasteiger partial charge is 0.255 e. The Labute approximate surface area is 115 Å². The van der Waals surface area contributed by atoms with Crippen LogP contribution in [0, 0.1) is 5.92 Å². The van der Waals surface area contributed by atoms with E-state index in [2.05, 4.69) is 21.2 Å². The minimum atomic E-state index is -0.378. The fourth-order valence-corrected chi connectivity index (χ4v) is 2.14. The first-order valence-electron chi connectivity index (χ1n) is 5.85. The van der Waals surface area contributed by atoms with E-state index in [0.717, 1.165) is 11.8 Å². The molecular weight excluding hydrogens is 298 g/mol. The van der Waals surface area contributed by atoms with Gasteiger partial charge in [-0.3, -0.25) is 4.79 Å². The highest BCUT2D eigenvalue weighted by atomic mass is 79.9. The fraction of sp³-hybridized carbons (Fsp3) is 0.462. The Morgan fingerprint density at radius 2 is 2.06 bits per heavy atom. The van der Waals surface area contributed by atoms with Crippen molar-refractivity contribution in [3.05, 3.63) is 23.8 Å². The molecule has 4 nitrogen and oxygen atoms in total. The number of carbonyl (C=O) groups excluding carboxylic acids is 1. The Morgan fingerprint density at radius 3 is 2.61 bits per heavy atom. The number of amides is 1. The standard InChI is InChI=1S/C13H18BrNO3/c1-8(2)10(6-7-14)15-13(18)9-4-3-5-11(16)12(9)17/h3-5,8,10,16-17H,6-7H2,1-2H3,(H,15,18). The first-order valence-corrected chi connectivity index (χ1v) is 6.97. The van der Waals surface area contributed by atoms with Gasteiger partial charge in [0.2, 0.25) is 0 Å². The summed E-state index contributed by atoms with van der Waals surface area (Å²) in [5, 5.41) is 22.6. The normalized spacial score (nSPS) is 12.4. The molecule has 1 atom stereocenters. The van der Waals surface area contributed by atoms with Crippen molar-refractivity contribution >= 4 is 21.8 Å². The third-order valence-corrected chi connectivity index (χ3v) is 3.26. The lowest BCUT2D eigenvalue weighted by Crippen LogP contribution is -2.38. The van der Waals surface area contributed by atoms with E-state index in [1.807, 2.05) is 13.8 Å². The minimum absolute atomic E-state index is 0.0265. The number of phenolic OH excluding ortho intramolecular Hbond substituents is 2. The van der Waals surface area contributed by atoms with Gasteiger partial charge in [0, 0.05) is 11.4 Å². The molecule has 1 aromatic carbocycles. The van der Waals surface area contributed by atoms with Gasteiger partial charge in [-0.1, -0.05) is 35.8 Å². The van der Waals surface area contributed by atoms with Crippen molar-refractivity contribution in [3.8, 4) is 11.5 Å². The van der Waals surface area contributed by atoms with Crippen molar-refractivity contribution in [2.75, 3.05) is 5.33 Å². The maximum Gasteiger partial charge on any atom is 0.255 e. The van der Waals surface area contributed by atoms with Gasteiger partial charge in [0.15, 0.2) is 11.5 Å². The lowest BCUT2D eigenvalue weighted by Gasteiger charge is -2.21. The van der Waals surface area contributed by atoms with Crippen molar-refractivity contribution in [3.63, 3.8) is 0 Å². The number of carbonyl (C=O) groups is 1. The lowest BCUT2D eigenvalue weighted by atomic mass is 10.0. The van der Waals surface area contributed by atoms with Crippen LogP contribution in [0.3, 0.4) is 0 Å². The maximum absolute atomic E-state index is 12.0. The first-order chi connectivity index (χ1) is 8.47. The molecule has 0 aromatic heterocycles. The number of para-hydroxylation sites is 1. The molecule has 0 aliphatic carbocycles. The number of hydrogen-bond donors (Lipinski definition) is 3. The zero-order valence-corrected chi connectivity index (χ0v) is 12.1. The van der Waals surface area contributed by atoms with Gasteiger partial charge in [0.25, 0.3) is 5.91 Å². The Balaban J connectivity index is 2.84. The van der Waals surface area contributed by atoms with Crippen LogP contribution in [-0.4, -0.2) is 27.5 Å². The molecular formula is C13H18BrNO3. The molecule has 0 saturated heterocycles. The average Bonchev–Trinajstić information content (AvgIpc) is 2.31. The van der Waals surface area contributed by atoms with Gasteiger partial charge in [-0.25, -0.2) is 0 Å². The van der Waals surface area contributed by atoms with E-state index in [1.165, 1.54) is 18.2 Å². The largest absolute Gasteiger partial charge is 0.504 e. The van der Waals surface area contributed by atoms with E-state index >= 15 is 0 Å². The van der Waals surface area contributed by atoms with Crippen LogP contribution in [0.5, 0.6) is 11.5 Å². The van der Waals surface area contributed by atoms with E-state index < -0.39 is 0 Å². The van der Waals surface area contributed by atoms with Crippen molar-refractivity contribution in [1.29, 1.82) is 0 Å². The summed E-state index contributed by atoms with van der Waals surface area (Å²) in [4.78, 5) is 12.0. The molecule has 1 amide bonds. The topological polar surface area (TPSA) is 69.6 Å². The van der Waals surface area contributed by atoms with Gasteiger partial charge in [-0.2, -0.15) is 0 Å². The number of aromatic hydroxyl groups is 2. The number of phenols is 2. The van der Waals surface area contributed by atoms with Crippen molar-refractivity contribution in [2.45, 2.75) is 26.3 Å². The number of halogens is 1. The highest BCUT2D eigenvalue weighted by Gasteiger charge is 2.19. The Bertz CT molecular complexity index is 421. The van der Waals surface area contributed by atoms with Gasteiger partial charge >= 0.3 is 0 Å². The molecule has 0 bridgehead atoms. The van der Waals surface area contributed by atoms with Gasteiger partial charge in [0.05, 0.1) is 5.56 Å². The molecule has 1 rings (SSSR count). The van der Waals surface area contributed by atoms with Crippen molar-refractivity contribution in [1.82, 2.24) is 5.32 Å². The molecule has 5 heteroatoms.